The highest BCUT2D eigenvalue weighted by molar-refractivity contribution is 8.12. The molecule has 0 atom stereocenters. The van der Waals surface area contributed by atoms with E-state index in [-0.39, 0.29) is 0 Å². The van der Waals surface area contributed by atoms with Crippen LogP contribution in [0.3, 0.4) is 0 Å². The molecule has 0 aromatic carbocycles. The van der Waals surface area contributed by atoms with Gasteiger partial charge in [-0.15, -0.1) is 40.4 Å². The van der Waals surface area contributed by atoms with Crippen LogP contribution in [0.5, 0.6) is 0 Å². The molecule has 5 N–H and O–H groups in total. The van der Waals surface area contributed by atoms with Crippen molar-refractivity contribution in [3.63, 3.8) is 0 Å². The molecular formula is C77H188N14O3S4. The van der Waals surface area contributed by atoms with Gasteiger partial charge in [0.2, 0.25) is 0 Å². The van der Waals surface area contributed by atoms with Crippen molar-refractivity contribution in [2.24, 2.45) is 44.8 Å². The van der Waals surface area contributed by atoms with Crippen molar-refractivity contribution in [1.82, 2.24) is 26.9 Å². The van der Waals surface area contributed by atoms with Gasteiger partial charge in [0.1, 0.15) is 13.2 Å². The molecule has 0 fully saturated rings. The molecule has 0 amide bonds. The van der Waals surface area contributed by atoms with Gasteiger partial charge in [-0.2, -0.15) is 10.2 Å². The lowest BCUT2D eigenvalue weighted by Gasteiger charge is -2.03. The zero-order valence-corrected chi connectivity index (χ0v) is 77.4. The van der Waals surface area contributed by atoms with Crippen LogP contribution in [0.1, 0.15) is 335 Å². The van der Waals surface area contributed by atoms with Crippen molar-refractivity contribution in [3.8, 4) is 0 Å². The lowest BCUT2D eigenvalue weighted by molar-refractivity contribution is 0.134. The molecule has 10 heterocycles. The number of hydrazone groups is 3. The molecule has 0 spiro atoms. The second-order valence-corrected chi connectivity index (χ2v) is 15.5. The smallest absolute Gasteiger partial charge is 0.192 e. The number of ether oxygens (including phenoxy) is 2. The Balaban J connectivity index is -0.0000000363. The van der Waals surface area contributed by atoms with Crippen LogP contribution in [0.25, 0.3) is 0 Å². The van der Waals surface area contributed by atoms with Crippen LogP contribution < -0.4 is 26.9 Å². The van der Waals surface area contributed by atoms with Crippen LogP contribution >= 0.6 is 47.2 Å². The van der Waals surface area contributed by atoms with Crippen LogP contribution in [0.2, 0.25) is 0 Å². The minimum absolute atomic E-state index is 0.740. The van der Waals surface area contributed by atoms with E-state index in [2.05, 4.69) is 88.7 Å². The molecular weight excluding hydrogens is 1300 g/mol. The molecule has 10 rings (SSSR count). The monoisotopic (exact) mass is 1490 g/mol. The van der Waals surface area contributed by atoms with Gasteiger partial charge in [-0.25, -0.2) is 4.40 Å². The minimum Gasteiger partial charge on any atom is -0.483 e. The third kappa shape index (κ3) is 260. The Morgan fingerprint density at radius 3 is 0.878 bits per heavy atom. The molecule has 21 heteroatoms. The van der Waals surface area contributed by atoms with Crippen LogP contribution in [-0.4, -0.2) is 163 Å². The third-order valence-electron chi connectivity index (χ3n) is 6.71. The van der Waals surface area contributed by atoms with E-state index in [1.807, 2.05) is 306 Å². The van der Waals surface area contributed by atoms with Crippen molar-refractivity contribution in [3.05, 3.63) is 12.2 Å². The van der Waals surface area contributed by atoms with Crippen molar-refractivity contribution < 1.29 is 14.3 Å². The average Bonchev–Trinajstić information content (AvgIpc) is 4.62. The van der Waals surface area contributed by atoms with E-state index in [4.69, 9.17) is 9.47 Å². The molecule has 0 aromatic heterocycles. The SMILES string of the molecule is C1=CCNC1.C1=NCCCN1.C1=NCCCO1.C1=NCCCS1.C1=NCCS1.C1=NNCCC1.C1=NNCCO1.C1=NNCCS1.C1=NOCCC1.C1=NSCCC1.CC.CC.CC.CC.CC.CC.CC.CC.CC.CC.CC.CC.CC.CC.CC.CC.CC.CC.CC.CC. The number of nitrogens with zero attached hydrogens (tertiary/aromatic N) is 9. The number of hydrogen-bond acceptors (Lipinski definition) is 21. The van der Waals surface area contributed by atoms with Crippen molar-refractivity contribution in [1.29, 1.82) is 0 Å². The number of rotatable bonds is 0. The lowest BCUT2D eigenvalue weighted by atomic mass is 10.3. The van der Waals surface area contributed by atoms with Crippen LogP contribution in [-0.2, 0) is 14.3 Å². The molecule has 0 radical (unpaired) electrons. The minimum atomic E-state index is 0.740. The summed E-state index contributed by atoms with van der Waals surface area (Å²) in [6.45, 7) is 92.6. The predicted molar refractivity (Wildman–Crippen MR) is 486 cm³/mol. The van der Waals surface area contributed by atoms with Gasteiger partial charge in [0.05, 0.1) is 36.1 Å². The fourth-order valence-corrected chi connectivity index (χ4v) is 6.01. The molecule has 98 heavy (non-hydrogen) atoms. The summed E-state index contributed by atoms with van der Waals surface area (Å²) >= 11 is 6.99. The Hall–Kier alpha value is -3.27. The van der Waals surface area contributed by atoms with Gasteiger partial charge in [-0.05, 0) is 63.3 Å². The first-order valence-electron chi connectivity index (χ1n) is 40.1. The van der Waals surface area contributed by atoms with E-state index < -0.39 is 0 Å². The Morgan fingerprint density at radius 1 is 0.316 bits per heavy atom. The van der Waals surface area contributed by atoms with E-state index in [1.165, 1.54) is 62.2 Å². The molecule has 0 saturated heterocycles. The Bertz CT molecular complexity index is 889. The van der Waals surface area contributed by atoms with Gasteiger partial charge in [0.25, 0.3) is 0 Å². The number of aliphatic imine (C=N–C) groups is 4. The summed E-state index contributed by atoms with van der Waals surface area (Å²) in [6, 6.07) is 0. The average molecular weight is 1490 g/mol. The summed E-state index contributed by atoms with van der Waals surface area (Å²) in [6.07, 6.45) is 25.3. The second kappa shape index (κ2) is 269. The molecule has 0 bridgehead atoms. The normalized spacial score (nSPS) is 13.2. The molecule has 0 aromatic rings. The lowest BCUT2D eigenvalue weighted by Crippen LogP contribution is -2.18. The fraction of sp³-hybridized carbons (Fsp3) is 0.857. The summed E-state index contributed by atoms with van der Waals surface area (Å²) in [5.41, 5.74) is 14.1. The van der Waals surface area contributed by atoms with Gasteiger partial charge in [-0.3, -0.25) is 20.0 Å². The molecule has 17 nitrogen and oxygen atoms in total. The Kier molecular flexibility index (Phi) is 409. The van der Waals surface area contributed by atoms with Gasteiger partial charge >= 0.3 is 0 Å². The molecule has 10 aliphatic rings. The van der Waals surface area contributed by atoms with Gasteiger partial charge < -0.3 is 41.2 Å². The number of thioether (sulfide) groups is 3. The van der Waals surface area contributed by atoms with Gasteiger partial charge in [0, 0.05) is 107 Å². The highest BCUT2D eigenvalue weighted by atomic mass is 32.2. The standard InChI is InChI=1S/2C4H8N2.2C4H7NO.2C4H7NS.C4H7N.C3H6N2O.C3H6N2S.C3H5NS.20C2H6/c1-2-5-4-6-3-1;1-2-4-6-5-3-1;1-2-5-4-6-3-1;1-2-4-6-5-3-1;1-2-5-4-6-3-1;1-2-4-6-5-3-1;1-2-4-5-3-1;2*1-2-6-3-5-4-1;1-2-5-3-4-1;20*1-2/h4H,1-3H2,(H,5,6);3,6H,1-2,4H2;4H,1-3H2;3H,1-2,4H2;4H,1-3H2;3H,1-2,4H2;1-2,5H,3-4H2;2*3-4H,1-2H2;3H,1-2H2;20*1-2H3. The molecule has 0 unspecified atom stereocenters. The van der Waals surface area contributed by atoms with E-state index in [0.717, 1.165) is 117 Å². The van der Waals surface area contributed by atoms with Crippen molar-refractivity contribution in [2.75, 3.05) is 108 Å². The Morgan fingerprint density at radius 2 is 0.776 bits per heavy atom. The topological polar surface area (TPSA) is 199 Å². The molecule has 10 aliphatic heterocycles. The highest BCUT2D eigenvalue weighted by Crippen LogP contribution is 2.09. The fourth-order valence-electron chi connectivity index (χ4n) is 3.79. The number of hydrogen-bond donors (Lipinski definition) is 5. The van der Waals surface area contributed by atoms with E-state index in [1.54, 1.807) is 59.8 Å². The van der Waals surface area contributed by atoms with E-state index >= 15 is 0 Å². The summed E-state index contributed by atoms with van der Waals surface area (Å²) < 4.78 is 13.5. The summed E-state index contributed by atoms with van der Waals surface area (Å²) in [4.78, 5) is 20.3. The predicted octanol–water partition coefficient (Wildman–Crippen LogP) is 25.5. The van der Waals surface area contributed by atoms with Crippen LogP contribution in [0.4, 0.5) is 0 Å². The first-order chi connectivity index (χ1) is 49.0. The first-order valence-corrected chi connectivity index (χ1v) is 44.2. The van der Waals surface area contributed by atoms with Crippen LogP contribution in [0.15, 0.2) is 57.0 Å². The highest BCUT2D eigenvalue weighted by Gasteiger charge is 1.92. The summed E-state index contributed by atoms with van der Waals surface area (Å²) in [5.74, 6) is 4.84. The zero-order chi connectivity index (χ0) is 81.0. The Labute approximate surface area is 639 Å². The quantitative estimate of drug-likeness (QED) is 0.114. The maximum atomic E-state index is 4.78. The summed E-state index contributed by atoms with van der Waals surface area (Å²) in [7, 11) is 0. The number of nitrogens with one attached hydrogen (secondary N) is 5. The van der Waals surface area contributed by atoms with Crippen LogP contribution in [0, 0.1) is 0 Å². The van der Waals surface area contributed by atoms with Crippen molar-refractivity contribution >= 4 is 102 Å². The molecule has 0 saturated carbocycles. The second-order valence-electron chi connectivity index (χ2n) is 11.7. The molecule has 0 aliphatic carbocycles. The third-order valence-corrected chi connectivity index (χ3v) is 9.71. The van der Waals surface area contributed by atoms with E-state index in [9.17, 15) is 0 Å². The first kappa shape index (κ1) is 149. The maximum absolute atomic E-state index is 4.78. The zero-order valence-electron chi connectivity index (χ0n) is 74.1. The van der Waals surface area contributed by atoms with E-state index in [0.29, 0.717) is 0 Å². The molecule has 608 valence electrons. The van der Waals surface area contributed by atoms with Crippen molar-refractivity contribution in [2.45, 2.75) is 335 Å². The summed E-state index contributed by atoms with van der Waals surface area (Å²) in [5, 5.41) is 20.8. The largest absolute Gasteiger partial charge is 0.483 e. The maximum Gasteiger partial charge on any atom is 0.192 e. The van der Waals surface area contributed by atoms with Gasteiger partial charge in [0.15, 0.2) is 12.8 Å². The number of oxime groups is 1. The van der Waals surface area contributed by atoms with Gasteiger partial charge in [-0.1, -0.05) is 294 Å².